The van der Waals surface area contributed by atoms with Crippen LogP contribution >= 0.6 is 47.2 Å². The Morgan fingerprint density at radius 3 is 2.48 bits per heavy atom. The number of benzene rings is 3. The number of thiocarbonyl (C=S) groups is 1. The van der Waals surface area contributed by atoms with Crippen LogP contribution in [-0.2, 0) is 11.4 Å². The average Bonchev–Trinajstić information content (AvgIpc) is 3.07. The summed E-state index contributed by atoms with van der Waals surface area (Å²) in [6, 6.07) is 20.5. The minimum absolute atomic E-state index is 0.154. The summed E-state index contributed by atoms with van der Waals surface area (Å²) in [6.45, 7) is 0.278. The second kappa shape index (κ2) is 10.2. The number of amides is 1. The van der Waals surface area contributed by atoms with Crippen LogP contribution in [0.4, 0.5) is 11.4 Å². The Bertz CT molecular complexity index is 1240. The molecule has 0 spiro atoms. The highest BCUT2D eigenvalue weighted by atomic mass is 35.5. The first-order valence-corrected chi connectivity index (χ1v) is 12.0. The lowest BCUT2D eigenvalue weighted by Gasteiger charge is -2.17. The monoisotopic (exact) mass is 514 g/mol. The fraction of sp³-hybridized carbons (Fsp3) is 0.120. The molecule has 0 aromatic heterocycles. The molecule has 1 amide bonds. The zero-order chi connectivity index (χ0) is 23.5. The van der Waals surface area contributed by atoms with E-state index < -0.39 is 0 Å². The lowest BCUT2D eigenvalue weighted by atomic mass is 10.1. The second-order valence-electron chi connectivity index (χ2n) is 7.49. The van der Waals surface area contributed by atoms with Crippen molar-refractivity contribution in [3.05, 3.63) is 92.8 Å². The van der Waals surface area contributed by atoms with E-state index in [0.717, 1.165) is 22.5 Å². The van der Waals surface area contributed by atoms with Gasteiger partial charge >= 0.3 is 0 Å². The van der Waals surface area contributed by atoms with Crippen molar-refractivity contribution in [3.8, 4) is 5.75 Å². The zero-order valence-electron chi connectivity index (χ0n) is 17.9. The van der Waals surface area contributed by atoms with Crippen molar-refractivity contribution < 1.29 is 9.53 Å². The Morgan fingerprint density at radius 1 is 1.06 bits per heavy atom. The molecule has 0 unspecified atom stereocenters. The number of hydrogen-bond acceptors (Lipinski definition) is 5. The highest BCUT2D eigenvalue weighted by molar-refractivity contribution is 8.27. The number of ether oxygens (including phenoxy) is 1. The molecule has 1 aliphatic rings. The molecule has 0 radical (unpaired) electrons. The molecular formula is C25H20Cl2N2O2S2. The second-order valence-corrected chi connectivity index (χ2v) is 10.0. The normalized spacial score (nSPS) is 14.8. The molecule has 3 aromatic carbocycles. The fourth-order valence-electron chi connectivity index (χ4n) is 3.26. The van der Waals surface area contributed by atoms with Gasteiger partial charge < -0.3 is 9.64 Å². The van der Waals surface area contributed by atoms with Crippen molar-refractivity contribution in [2.45, 2.75) is 6.61 Å². The number of anilines is 2. The molecule has 33 heavy (non-hydrogen) atoms. The van der Waals surface area contributed by atoms with E-state index in [-0.39, 0.29) is 12.5 Å². The largest absolute Gasteiger partial charge is 0.488 e. The number of nitrogens with zero attached hydrogens (tertiary/aromatic N) is 2. The third kappa shape index (κ3) is 5.36. The Labute approximate surface area is 212 Å². The zero-order valence-corrected chi connectivity index (χ0v) is 21.1. The fourth-order valence-corrected chi connectivity index (χ4v) is 5.01. The quantitative estimate of drug-likeness (QED) is 0.260. The number of hydrogen-bond donors (Lipinski definition) is 0. The summed E-state index contributed by atoms with van der Waals surface area (Å²) < 4.78 is 6.52. The van der Waals surface area contributed by atoms with E-state index in [2.05, 4.69) is 0 Å². The standard InChI is InChI=1S/C25H20Cl2N2O2S2/c1-28(2)19-9-11-20(12-10-19)29-24(30)23(33-25(29)32)13-16-5-3-4-6-22(16)31-15-17-7-8-18(26)14-21(17)27/h3-14H,15H2,1-2H3/b23-13+. The van der Waals surface area contributed by atoms with E-state index in [9.17, 15) is 4.79 Å². The molecule has 4 nitrogen and oxygen atoms in total. The number of carbonyl (C=O) groups excluding carboxylic acids is 1. The predicted molar refractivity (Wildman–Crippen MR) is 144 cm³/mol. The van der Waals surface area contributed by atoms with E-state index in [1.807, 2.05) is 79.7 Å². The van der Waals surface area contributed by atoms with Gasteiger partial charge in [-0.25, -0.2) is 0 Å². The predicted octanol–water partition coefficient (Wildman–Crippen LogP) is 7.04. The van der Waals surface area contributed by atoms with Crippen LogP contribution in [0.1, 0.15) is 11.1 Å². The van der Waals surface area contributed by atoms with Crippen LogP contribution in [-0.4, -0.2) is 24.3 Å². The summed E-state index contributed by atoms with van der Waals surface area (Å²) in [4.78, 5) is 17.3. The summed E-state index contributed by atoms with van der Waals surface area (Å²) in [6.07, 6.45) is 1.81. The van der Waals surface area contributed by atoms with Gasteiger partial charge in [0.05, 0.1) is 10.6 Å². The Kier molecular flexibility index (Phi) is 7.29. The van der Waals surface area contributed by atoms with Crippen LogP contribution in [0.25, 0.3) is 6.08 Å². The maximum atomic E-state index is 13.2. The Balaban J connectivity index is 1.55. The van der Waals surface area contributed by atoms with E-state index >= 15 is 0 Å². The van der Waals surface area contributed by atoms with Crippen LogP contribution in [0.2, 0.25) is 10.0 Å². The van der Waals surface area contributed by atoms with Crippen LogP contribution < -0.4 is 14.5 Å². The SMILES string of the molecule is CN(C)c1ccc(N2C(=O)/C(=C\c3ccccc3OCc3ccc(Cl)cc3Cl)SC2=S)cc1. The maximum absolute atomic E-state index is 13.2. The Hall–Kier alpha value is -2.51. The lowest BCUT2D eigenvalue weighted by Crippen LogP contribution is -2.27. The van der Waals surface area contributed by atoms with Gasteiger partial charge in [-0.2, -0.15) is 0 Å². The van der Waals surface area contributed by atoms with Gasteiger partial charge in [0.25, 0.3) is 5.91 Å². The highest BCUT2D eigenvalue weighted by Crippen LogP contribution is 2.37. The van der Waals surface area contributed by atoms with E-state index in [4.69, 9.17) is 40.2 Å². The molecule has 0 aliphatic carbocycles. The van der Waals surface area contributed by atoms with Crippen molar-refractivity contribution >= 4 is 74.9 Å². The van der Waals surface area contributed by atoms with Gasteiger partial charge in [-0.15, -0.1) is 0 Å². The molecule has 8 heteroatoms. The summed E-state index contributed by atoms with van der Waals surface area (Å²) in [5, 5.41) is 1.11. The molecule has 3 aromatic rings. The molecule has 0 bridgehead atoms. The van der Waals surface area contributed by atoms with Gasteiger partial charge in [-0.1, -0.05) is 71.4 Å². The third-order valence-electron chi connectivity index (χ3n) is 5.02. The van der Waals surface area contributed by atoms with E-state index in [0.29, 0.717) is 25.0 Å². The number of carbonyl (C=O) groups is 1. The van der Waals surface area contributed by atoms with Crippen molar-refractivity contribution in [2.75, 3.05) is 23.9 Å². The van der Waals surface area contributed by atoms with Crippen molar-refractivity contribution in [3.63, 3.8) is 0 Å². The summed E-state index contributed by atoms with van der Waals surface area (Å²) in [7, 11) is 3.94. The van der Waals surface area contributed by atoms with Crippen LogP contribution in [0.15, 0.2) is 71.6 Å². The van der Waals surface area contributed by atoms with E-state index in [1.54, 1.807) is 17.0 Å². The van der Waals surface area contributed by atoms with Crippen LogP contribution in [0, 0.1) is 0 Å². The summed E-state index contributed by atoms with van der Waals surface area (Å²) in [5.41, 5.74) is 3.40. The highest BCUT2D eigenvalue weighted by Gasteiger charge is 2.33. The maximum Gasteiger partial charge on any atom is 0.270 e. The van der Waals surface area contributed by atoms with Gasteiger partial charge in [0.1, 0.15) is 12.4 Å². The molecular weight excluding hydrogens is 495 g/mol. The third-order valence-corrected chi connectivity index (χ3v) is 6.91. The smallest absolute Gasteiger partial charge is 0.270 e. The van der Waals surface area contributed by atoms with Gasteiger partial charge in [0.2, 0.25) is 0 Å². The van der Waals surface area contributed by atoms with Crippen molar-refractivity contribution in [1.82, 2.24) is 0 Å². The number of para-hydroxylation sites is 1. The minimum Gasteiger partial charge on any atom is -0.488 e. The molecule has 1 heterocycles. The van der Waals surface area contributed by atoms with Gasteiger partial charge in [-0.05, 0) is 48.5 Å². The van der Waals surface area contributed by atoms with Crippen LogP contribution in [0.5, 0.6) is 5.75 Å². The first-order chi connectivity index (χ1) is 15.8. The summed E-state index contributed by atoms with van der Waals surface area (Å²) >= 11 is 19.0. The molecule has 4 rings (SSSR count). The number of rotatable bonds is 6. The summed E-state index contributed by atoms with van der Waals surface area (Å²) in [5.74, 6) is 0.488. The molecule has 168 valence electrons. The first kappa shape index (κ1) is 23.6. The van der Waals surface area contributed by atoms with Crippen LogP contribution in [0.3, 0.4) is 0 Å². The van der Waals surface area contributed by atoms with E-state index in [1.165, 1.54) is 11.8 Å². The average molecular weight is 515 g/mol. The molecule has 1 fully saturated rings. The van der Waals surface area contributed by atoms with Gasteiger partial charge in [-0.3, -0.25) is 9.69 Å². The molecule has 1 saturated heterocycles. The first-order valence-electron chi connectivity index (χ1n) is 10.0. The number of halogens is 2. The molecule has 0 saturated carbocycles. The van der Waals surface area contributed by atoms with Gasteiger partial charge in [0.15, 0.2) is 4.32 Å². The lowest BCUT2D eigenvalue weighted by molar-refractivity contribution is -0.113. The molecule has 0 N–H and O–H groups in total. The molecule has 0 atom stereocenters. The molecule has 1 aliphatic heterocycles. The number of thioether (sulfide) groups is 1. The van der Waals surface area contributed by atoms with Crippen molar-refractivity contribution in [1.29, 1.82) is 0 Å². The van der Waals surface area contributed by atoms with Gasteiger partial charge in [0, 0.05) is 41.0 Å². The minimum atomic E-state index is -0.154. The van der Waals surface area contributed by atoms with Crippen molar-refractivity contribution in [2.24, 2.45) is 0 Å². The Morgan fingerprint density at radius 2 is 1.79 bits per heavy atom. The topological polar surface area (TPSA) is 32.8 Å².